The predicted octanol–water partition coefficient (Wildman–Crippen LogP) is 3.68. The Hall–Kier alpha value is -1.66. The smallest absolute Gasteiger partial charge is 0.151 e. The van der Waals surface area contributed by atoms with Crippen molar-refractivity contribution in [3.63, 3.8) is 0 Å². The van der Waals surface area contributed by atoms with Gasteiger partial charge < -0.3 is 9.47 Å². The Balaban J connectivity index is 2.17. The molecule has 0 radical (unpaired) electrons. The first kappa shape index (κ1) is 18.7. The van der Waals surface area contributed by atoms with Crippen LogP contribution < -0.4 is 9.47 Å². The molecule has 0 heterocycles. The maximum Gasteiger partial charge on any atom is 0.151 e. The van der Waals surface area contributed by atoms with Crippen LogP contribution in [0, 0.1) is 0 Å². The number of sulfone groups is 1. The van der Waals surface area contributed by atoms with Gasteiger partial charge in [-0.1, -0.05) is 24.3 Å². The first-order valence-electron chi connectivity index (χ1n) is 7.45. The Morgan fingerprint density at radius 3 is 2.29 bits per heavy atom. The van der Waals surface area contributed by atoms with E-state index in [2.05, 4.69) is 0 Å². The second-order valence-corrected chi connectivity index (χ2v) is 8.59. The van der Waals surface area contributed by atoms with Gasteiger partial charge in [0.1, 0.15) is 18.1 Å². The van der Waals surface area contributed by atoms with E-state index in [1.54, 1.807) is 18.9 Å². The van der Waals surface area contributed by atoms with E-state index < -0.39 is 9.84 Å². The third-order valence-electron chi connectivity index (χ3n) is 3.41. The number of ether oxygens (including phenoxy) is 2. The molecule has 0 saturated carbocycles. The molecule has 0 amide bonds. The van der Waals surface area contributed by atoms with E-state index in [0.29, 0.717) is 17.9 Å². The summed E-state index contributed by atoms with van der Waals surface area (Å²) in [6.45, 7) is 0.378. The van der Waals surface area contributed by atoms with Gasteiger partial charge in [0.15, 0.2) is 9.84 Å². The van der Waals surface area contributed by atoms with Crippen molar-refractivity contribution in [1.29, 1.82) is 0 Å². The molecule has 0 aliphatic carbocycles. The molecule has 0 aliphatic heterocycles. The Labute approximate surface area is 148 Å². The molecule has 0 spiro atoms. The lowest BCUT2D eigenvalue weighted by molar-refractivity contribution is 0.303. The Bertz CT molecular complexity index is 768. The lowest BCUT2D eigenvalue weighted by atomic mass is 10.1. The number of thioether (sulfide) groups is 1. The van der Waals surface area contributed by atoms with E-state index in [9.17, 15) is 8.42 Å². The van der Waals surface area contributed by atoms with Gasteiger partial charge in [0, 0.05) is 17.6 Å². The van der Waals surface area contributed by atoms with Crippen LogP contribution in [-0.4, -0.2) is 28.0 Å². The predicted molar refractivity (Wildman–Crippen MR) is 99.5 cm³/mol. The van der Waals surface area contributed by atoms with Crippen molar-refractivity contribution < 1.29 is 17.9 Å². The largest absolute Gasteiger partial charge is 0.497 e. The van der Waals surface area contributed by atoms with E-state index in [-0.39, 0.29) is 5.75 Å². The van der Waals surface area contributed by atoms with Gasteiger partial charge in [-0.15, -0.1) is 0 Å². The number of hydrogen-bond acceptors (Lipinski definition) is 5. The van der Waals surface area contributed by atoms with Crippen LogP contribution in [0.4, 0.5) is 0 Å². The van der Waals surface area contributed by atoms with Crippen molar-refractivity contribution in [1.82, 2.24) is 0 Å². The highest BCUT2D eigenvalue weighted by molar-refractivity contribution is 7.97. The van der Waals surface area contributed by atoms with Crippen LogP contribution in [0.15, 0.2) is 42.5 Å². The maximum atomic E-state index is 11.7. The highest BCUT2D eigenvalue weighted by atomic mass is 32.2. The summed E-state index contributed by atoms with van der Waals surface area (Å²) >= 11 is 1.70. The third-order valence-corrected chi connectivity index (χ3v) is 4.86. The molecular weight excluding hydrogens is 344 g/mol. The molecule has 6 heteroatoms. The molecule has 0 aromatic heterocycles. The van der Waals surface area contributed by atoms with Gasteiger partial charge in [0.05, 0.1) is 12.9 Å². The fourth-order valence-corrected chi connectivity index (χ4v) is 3.61. The average molecular weight is 367 g/mol. The van der Waals surface area contributed by atoms with Crippen LogP contribution in [0.1, 0.15) is 16.7 Å². The topological polar surface area (TPSA) is 52.6 Å². The quantitative estimate of drug-likeness (QED) is 0.713. The van der Waals surface area contributed by atoms with E-state index in [4.69, 9.17) is 9.47 Å². The van der Waals surface area contributed by atoms with Crippen LogP contribution in [-0.2, 0) is 27.9 Å². The number of benzene rings is 2. The summed E-state index contributed by atoms with van der Waals surface area (Å²) < 4.78 is 34.4. The van der Waals surface area contributed by atoms with E-state index in [1.807, 2.05) is 48.7 Å². The fraction of sp³-hybridized carbons (Fsp3) is 0.333. The van der Waals surface area contributed by atoms with Crippen molar-refractivity contribution >= 4 is 21.6 Å². The van der Waals surface area contributed by atoms with Gasteiger partial charge >= 0.3 is 0 Å². The van der Waals surface area contributed by atoms with Gasteiger partial charge in [-0.25, -0.2) is 8.42 Å². The summed E-state index contributed by atoms with van der Waals surface area (Å²) in [6.07, 6.45) is 3.26. The van der Waals surface area contributed by atoms with Gasteiger partial charge in [-0.2, -0.15) is 11.8 Å². The maximum absolute atomic E-state index is 11.7. The summed E-state index contributed by atoms with van der Waals surface area (Å²) in [5.41, 5.74) is 2.80. The molecule has 24 heavy (non-hydrogen) atoms. The summed E-state index contributed by atoms with van der Waals surface area (Å²) in [7, 11) is -1.50. The van der Waals surface area contributed by atoms with Crippen LogP contribution in [0.5, 0.6) is 11.5 Å². The van der Waals surface area contributed by atoms with Crippen LogP contribution in [0.2, 0.25) is 0 Å². The van der Waals surface area contributed by atoms with Crippen LogP contribution >= 0.6 is 11.8 Å². The van der Waals surface area contributed by atoms with Crippen molar-refractivity contribution in [2.75, 3.05) is 19.6 Å². The molecule has 2 aromatic rings. The molecule has 4 nitrogen and oxygen atoms in total. The number of rotatable bonds is 8. The average Bonchev–Trinajstić information content (AvgIpc) is 2.53. The zero-order valence-corrected chi connectivity index (χ0v) is 15.7. The minimum absolute atomic E-state index is 0.0207. The standard InChI is InChI=1S/C18H22O4S2/c1-21-17-7-4-14(5-8-17)11-22-18-9-6-15(12-23-2)10-16(18)13-24(3,19)20/h4-10H,11-13H2,1-3H3. The van der Waals surface area contributed by atoms with Crippen LogP contribution in [0.3, 0.4) is 0 Å². The highest BCUT2D eigenvalue weighted by Crippen LogP contribution is 2.25. The molecule has 0 fully saturated rings. The third kappa shape index (κ3) is 5.76. The zero-order chi connectivity index (χ0) is 17.6. The van der Waals surface area contributed by atoms with Crippen molar-refractivity contribution in [3.8, 4) is 11.5 Å². The van der Waals surface area contributed by atoms with E-state index in [1.165, 1.54) is 6.26 Å². The van der Waals surface area contributed by atoms with Crippen molar-refractivity contribution in [2.45, 2.75) is 18.1 Å². The van der Waals surface area contributed by atoms with Gasteiger partial charge in [0.2, 0.25) is 0 Å². The molecule has 130 valence electrons. The minimum Gasteiger partial charge on any atom is -0.497 e. The monoisotopic (exact) mass is 366 g/mol. The molecule has 0 saturated heterocycles. The summed E-state index contributed by atoms with van der Waals surface area (Å²) in [5.74, 6) is 2.22. The Morgan fingerprint density at radius 2 is 1.71 bits per heavy atom. The van der Waals surface area contributed by atoms with E-state index in [0.717, 1.165) is 22.6 Å². The lowest BCUT2D eigenvalue weighted by Crippen LogP contribution is -2.05. The normalized spacial score (nSPS) is 11.3. The zero-order valence-electron chi connectivity index (χ0n) is 14.1. The lowest BCUT2D eigenvalue weighted by Gasteiger charge is -2.13. The highest BCUT2D eigenvalue weighted by Gasteiger charge is 2.12. The molecule has 0 bridgehead atoms. The number of methoxy groups -OCH3 is 1. The first-order valence-corrected chi connectivity index (χ1v) is 10.9. The Kier molecular flexibility index (Phi) is 6.57. The first-order chi connectivity index (χ1) is 11.4. The minimum atomic E-state index is -3.13. The number of hydrogen-bond donors (Lipinski definition) is 0. The summed E-state index contributed by atoms with van der Waals surface area (Å²) in [6, 6.07) is 13.4. The molecule has 0 aliphatic rings. The van der Waals surface area contributed by atoms with Crippen LogP contribution in [0.25, 0.3) is 0 Å². The SMILES string of the molecule is COc1ccc(COc2ccc(CSC)cc2CS(C)(=O)=O)cc1. The summed E-state index contributed by atoms with van der Waals surface area (Å²) in [4.78, 5) is 0. The molecule has 0 N–H and O–H groups in total. The fourth-order valence-electron chi connectivity index (χ4n) is 2.31. The Morgan fingerprint density at radius 1 is 1.04 bits per heavy atom. The van der Waals surface area contributed by atoms with Gasteiger partial charge in [0.25, 0.3) is 0 Å². The van der Waals surface area contributed by atoms with Crippen molar-refractivity contribution in [2.24, 2.45) is 0 Å². The second-order valence-electron chi connectivity index (χ2n) is 5.58. The molecule has 2 rings (SSSR count). The molecule has 2 aromatic carbocycles. The molecule has 0 atom stereocenters. The molecule has 0 unspecified atom stereocenters. The van der Waals surface area contributed by atoms with E-state index >= 15 is 0 Å². The second kappa shape index (κ2) is 8.44. The summed E-state index contributed by atoms with van der Waals surface area (Å²) in [5, 5.41) is 0. The van der Waals surface area contributed by atoms with Gasteiger partial charge in [-0.05, 0) is 35.6 Å². The molecular formula is C18H22O4S2. The van der Waals surface area contributed by atoms with Crippen molar-refractivity contribution in [3.05, 3.63) is 59.2 Å². The van der Waals surface area contributed by atoms with Gasteiger partial charge in [-0.3, -0.25) is 0 Å².